The lowest BCUT2D eigenvalue weighted by Crippen LogP contribution is -2.23. The smallest absolute Gasteiger partial charge is 0.324 e. The van der Waals surface area contributed by atoms with Gasteiger partial charge in [-0.05, 0) is 36.5 Å². The third-order valence-electron chi connectivity index (χ3n) is 4.84. The Kier molecular flexibility index (Phi) is 3.42. The number of hydrogen-bond acceptors (Lipinski definition) is 2. The second-order valence-corrected chi connectivity index (χ2v) is 6.07. The van der Waals surface area contributed by atoms with Crippen molar-refractivity contribution in [3.8, 4) is 0 Å². The van der Waals surface area contributed by atoms with Gasteiger partial charge in [0.2, 0.25) is 0 Å². The summed E-state index contributed by atoms with van der Waals surface area (Å²) in [6.45, 7) is 0. The number of nitrogens with zero attached hydrogens (tertiary/aromatic N) is 2. The van der Waals surface area contributed by atoms with Crippen LogP contribution in [-0.4, -0.2) is 9.13 Å². The summed E-state index contributed by atoms with van der Waals surface area (Å²) in [6.07, 6.45) is 6.39. The van der Waals surface area contributed by atoms with Crippen LogP contribution in [0.25, 0.3) is 11.0 Å². The zero-order valence-electron chi connectivity index (χ0n) is 12.3. The molecule has 2 N–H and O–H groups in total. The lowest BCUT2D eigenvalue weighted by atomic mass is 9.81. The lowest BCUT2D eigenvalue weighted by molar-refractivity contribution is 0.308. The molecule has 4 nitrogen and oxygen atoms in total. The lowest BCUT2D eigenvalue weighted by Gasteiger charge is -2.27. The molecule has 0 aliphatic heterocycles. The zero-order valence-corrected chi connectivity index (χ0v) is 12.3. The first-order valence-electron chi connectivity index (χ1n) is 7.50. The van der Waals surface area contributed by atoms with Crippen molar-refractivity contribution < 1.29 is 0 Å². The fourth-order valence-electron chi connectivity index (χ4n) is 3.50. The highest BCUT2D eigenvalue weighted by atomic mass is 16.1. The number of nitrogens with two attached hydrogens (primary N) is 1. The highest BCUT2D eigenvalue weighted by Gasteiger charge is 2.22. The minimum atomic E-state index is 0.0170. The van der Waals surface area contributed by atoms with E-state index >= 15 is 0 Å². The minimum Gasteiger partial charge on any atom is -0.324 e. The van der Waals surface area contributed by atoms with Gasteiger partial charge >= 0.3 is 5.69 Å². The van der Waals surface area contributed by atoms with E-state index in [-0.39, 0.29) is 11.7 Å². The van der Waals surface area contributed by atoms with Crippen LogP contribution in [0, 0.1) is 5.92 Å². The number of imidazole rings is 1. The van der Waals surface area contributed by atoms with Crippen molar-refractivity contribution in [1.82, 2.24) is 9.13 Å². The van der Waals surface area contributed by atoms with Crippen LogP contribution in [0.2, 0.25) is 0 Å². The predicted molar refractivity (Wildman–Crippen MR) is 81.7 cm³/mol. The SMILES string of the molecule is Cn1c(=O)n(C)c2cc(C(N)C3CCCCC3)ccc21. The molecule has 1 aliphatic rings. The van der Waals surface area contributed by atoms with Crippen molar-refractivity contribution in [2.24, 2.45) is 25.7 Å². The molecule has 4 heteroatoms. The van der Waals surface area contributed by atoms with Crippen molar-refractivity contribution in [2.45, 2.75) is 38.1 Å². The third kappa shape index (κ3) is 2.08. The van der Waals surface area contributed by atoms with Gasteiger partial charge in [0.1, 0.15) is 0 Å². The molecule has 0 amide bonds. The molecule has 2 aromatic rings. The van der Waals surface area contributed by atoms with E-state index in [9.17, 15) is 4.79 Å². The molecule has 1 heterocycles. The molecular weight excluding hydrogens is 250 g/mol. The van der Waals surface area contributed by atoms with Gasteiger partial charge in [0.25, 0.3) is 0 Å². The molecule has 0 spiro atoms. The molecule has 1 aliphatic carbocycles. The van der Waals surface area contributed by atoms with Crippen LogP contribution in [0.3, 0.4) is 0 Å². The molecule has 0 bridgehead atoms. The highest BCUT2D eigenvalue weighted by Crippen LogP contribution is 2.33. The molecule has 1 unspecified atom stereocenters. The second kappa shape index (κ2) is 5.09. The fraction of sp³-hybridized carbons (Fsp3) is 0.562. The van der Waals surface area contributed by atoms with Crippen molar-refractivity contribution in [3.05, 3.63) is 34.2 Å². The van der Waals surface area contributed by atoms with E-state index < -0.39 is 0 Å². The molecule has 20 heavy (non-hydrogen) atoms. The van der Waals surface area contributed by atoms with E-state index in [0.717, 1.165) is 16.6 Å². The summed E-state index contributed by atoms with van der Waals surface area (Å²) in [4.78, 5) is 12.0. The Balaban J connectivity index is 2.00. The van der Waals surface area contributed by atoms with Gasteiger partial charge in [-0.1, -0.05) is 25.3 Å². The summed E-state index contributed by atoms with van der Waals surface area (Å²) in [5, 5.41) is 0. The first-order chi connectivity index (χ1) is 9.59. The van der Waals surface area contributed by atoms with E-state index in [0.29, 0.717) is 5.92 Å². The molecule has 1 atom stereocenters. The molecule has 1 aromatic heterocycles. The van der Waals surface area contributed by atoms with E-state index in [4.69, 9.17) is 5.73 Å². The summed E-state index contributed by atoms with van der Waals surface area (Å²) in [5.74, 6) is 0.585. The Bertz CT molecular complexity index is 677. The second-order valence-electron chi connectivity index (χ2n) is 6.07. The predicted octanol–water partition coefficient (Wildman–Crippen LogP) is 2.46. The van der Waals surface area contributed by atoms with Crippen LogP contribution < -0.4 is 11.4 Å². The molecule has 1 fully saturated rings. The Morgan fingerprint density at radius 3 is 2.45 bits per heavy atom. The monoisotopic (exact) mass is 273 g/mol. The summed E-state index contributed by atoms with van der Waals surface area (Å²) in [6, 6.07) is 6.29. The van der Waals surface area contributed by atoms with Gasteiger partial charge in [0, 0.05) is 20.1 Å². The standard InChI is InChI=1S/C16H23N3O/c1-18-13-9-8-12(10-14(13)19(2)16(18)20)15(17)11-6-4-3-5-7-11/h8-11,15H,3-7,17H2,1-2H3. The first kappa shape index (κ1) is 13.4. The number of benzene rings is 1. The normalized spacial score (nSPS) is 18.6. The van der Waals surface area contributed by atoms with Crippen LogP contribution in [0.15, 0.2) is 23.0 Å². The molecule has 0 saturated heterocycles. The molecule has 108 valence electrons. The van der Waals surface area contributed by atoms with Gasteiger partial charge < -0.3 is 5.73 Å². The van der Waals surface area contributed by atoms with Crippen LogP contribution in [0.5, 0.6) is 0 Å². The van der Waals surface area contributed by atoms with Gasteiger partial charge in [0.05, 0.1) is 11.0 Å². The Morgan fingerprint density at radius 2 is 1.75 bits per heavy atom. The summed E-state index contributed by atoms with van der Waals surface area (Å²) in [7, 11) is 3.63. The maximum Gasteiger partial charge on any atom is 0.328 e. The number of aryl methyl sites for hydroxylation is 2. The quantitative estimate of drug-likeness (QED) is 0.913. The Morgan fingerprint density at radius 1 is 1.10 bits per heavy atom. The zero-order chi connectivity index (χ0) is 14.3. The average Bonchev–Trinajstić information content (AvgIpc) is 2.72. The summed E-state index contributed by atoms with van der Waals surface area (Å²) >= 11 is 0. The van der Waals surface area contributed by atoms with Crippen molar-refractivity contribution in [3.63, 3.8) is 0 Å². The summed E-state index contributed by atoms with van der Waals surface area (Å²) in [5.41, 5.74) is 9.58. The van der Waals surface area contributed by atoms with Crippen molar-refractivity contribution in [2.75, 3.05) is 0 Å². The summed E-state index contributed by atoms with van der Waals surface area (Å²) < 4.78 is 3.39. The van der Waals surface area contributed by atoms with Crippen LogP contribution in [0.1, 0.15) is 43.7 Å². The number of hydrogen-bond donors (Lipinski definition) is 1. The average molecular weight is 273 g/mol. The number of fused-ring (bicyclic) bond motifs is 1. The van der Waals surface area contributed by atoms with E-state index in [1.807, 2.05) is 20.2 Å². The van der Waals surface area contributed by atoms with Gasteiger partial charge in [-0.15, -0.1) is 0 Å². The largest absolute Gasteiger partial charge is 0.328 e. The van der Waals surface area contributed by atoms with E-state index in [2.05, 4.69) is 12.1 Å². The van der Waals surface area contributed by atoms with Crippen molar-refractivity contribution in [1.29, 1.82) is 0 Å². The minimum absolute atomic E-state index is 0.0170. The van der Waals surface area contributed by atoms with Crippen LogP contribution >= 0.6 is 0 Å². The molecule has 1 saturated carbocycles. The van der Waals surface area contributed by atoms with Gasteiger partial charge in [-0.25, -0.2) is 4.79 Å². The first-order valence-corrected chi connectivity index (χ1v) is 7.50. The molecule has 3 rings (SSSR count). The molecular formula is C16H23N3O. The van der Waals surface area contributed by atoms with Gasteiger partial charge in [-0.2, -0.15) is 0 Å². The number of rotatable bonds is 2. The van der Waals surface area contributed by atoms with Crippen LogP contribution in [0.4, 0.5) is 0 Å². The van der Waals surface area contributed by atoms with Crippen LogP contribution in [-0.2, 0) is 14.1 Å². The maximum absolute atomic E-state index is 12.0. The fourth-order valence-corrected chi connectivity index (χ4v) is 3.50. The Labute approximate surface area is 119 Å². The maximum atomic E-state index is 12.0. The van der Waals surface area contributed by atoms with Gasteiger partial charge in [0.15, 0.2) is 0 Å². The van der Waals surface area contributed by atoms with E-state index in [1.54, 1.807) is 9.13 Å². The van der Waals surface area contributed by atoms with Gasteiger partial charge in [-0.3, -0.25) is 9.13 Å². The molecule has 0 radical (unpaired) electrons. The van der Waals surface area contributed by atoms with Crippen molar-refractivity contribution >= 4 is 11.0 Å². The highest BCUT2D eigenvalue weighted by molar-refractivity contribution is 5.77. The Hall–Kier alpha value is -1.55. The third-order valence-corrected chi connectivity index (χ3v) is 4.84. The molecule has 1 aromatic carbocycles. The van der Waals surface area contributed by atoms with E-state index in [1.165, 1.54) is 32.1 Å². The topological polar surface area (TPSA) is 53.0 Å². The number of aromatic nitrogens is 2.